The van der Waals surface area contributed by atoms with Crippen molar-refractivity contribution in [2.24, 2.45) is 5.92 Å². The molecule has 0 aliphatic carbocycles. The highest BCUT2D eigenvalue weighted by Crippen LogP contribution is 2.12. The monoisotopic (exact) mass is 327 g/mol. The maximum atomic E-state index is 12.8. The molecule has 0 N–H and O–H groups in total. The standard InChI is InChI=1S/C18H21N3O3/c1-13(18(23)24-3)11-21(12-15-7-5-4-6-8-15)17(22)16-10-19-14(2)9-20-16/h4-10,13H,11-12H2,1-3H3/t13-/m0/s1. The number of hydrogen-bond acceptors (Lipinski definition) is 5. The van der Waals surface area contributed by atoms with E-state index in [4.69, 9.17) is 4.74 Å². The molecule has 6 heteroatoms. The number of carbonyl (C=O) groups is 2. The molecule has 0 saturated carbocycles. The van der Waals surface area contributed by atoms with E-state index >= 15 is 0 Å². The van der Waals surface area contributed by atoms with Gasteiger partial charge in [0.2, 0.25) is 0 Å². The Morgan fingerprint density at radius 3 is 2.46 bits per heavy atom. The van der Waals surface area contributed by atoms with Crippen LogP contribution >= 0.6 is 0 Å². The third-order valence-corrected chi connectivity index (χ3v) is 3.60. The largest absolute Gasteiger partial charge is 0.469 e. The number of rotatable bonds is 6. The molecule has 0 unspecified atom stereocenters. The van der Waals surface area contributed by atoms with Gasteiger partial charge in [0.05, 0.1) is 24.9 Å². The minimum absolute atomic E-state index is 0.246. The molecule has 0 aliphatic rings. The van der Waals surface area contributed by atoms with E-state index in [0.29, 0.717) is 6.54 Å². The Morgan fingerprint density at radius 2 is 1.88 bits per heavy atom. The number of esters is 1. The Balaban J connectivity index is 2.22. The van der Waals surface area contributed by atoms with Crippen LogP contribution in [0.15, 0.2) is 42.7 Å². The van der Waals surface area contributed by atoms with Crippen LogP contribution in [-0.4, -0.2) is 40.4 Å². The van der Waals surface area contributed by atoms with Gasteiger partial charge >= 0.3 is 5.97 Å². The number of ether oxygens (including phenoxy) is 1. The van der Waals surface area contributed by atoms with Crippen molar-refractivity contribution in [3.05, 3.63) is 59.7 Å². The topological polar surface area (TPSA) is 72.4 Å². The van der Waals surface area contributed by atoms with Crippen molar-refractivity contribution in [2.75, 3.05) is 13.7 Å². The van der Waals surface area contributed by atoms with Crippen LogP contribution in [-0.2, 0) is 16.1 Å². The number of hydrogen-bond donors (Lipinski definition) is 0. The van der Waals surface area contributed by atoms with Crippen molar-refractivity contribution in [3.63, 3.8) is 0 Å². The molecule has 6 nitrogen and oxygen atoms in total. The number of nitrogens with zero attached hydrogens (tertiary/aromatic N) is 3. The molecule has 1 aromatic carbocycles. The van der Waals surface area contributed by atoms with Gasteiger partial charge < -0.3 is 9.64 Å². The predicted molar refractivity (Wildman–Crippen MR) is 89.1 cm³/mol. The lowest BCUT2D eigenvalue weighted by molar-refractivity contribution is -0.145. The number of carbonyl (C=O) groups excluding carboxylic acids is 2. The Kier molecular flexibility index (Phi) is 6.01. The fraction of sp³-hybridized carbons (Fsp3) is 0.333. The molecule has 126 valence electrons. The van der Waals surface area contributed by atoms with E-state index in [1.807, 2.05) is 37.3 Å². The second-order valence-corrected chi connectivity index (χ2v) is 5.64. The second kappa shape index (κ2) is 8.19. The molecule has 0 fully saturated rings. The van der Waals surface area contributed by atoms with E-state index in [2.05, 4.69) is 9.97 Å². The Morgan fingerprint density at radius 1 is 1.17 bits per heavy atom. The zero-order chi connectivity index (χ0) is 17.5. The molecule has 2 rings (SSSR count). The first kappa shape index (κ1) is 17.6. The SMILES string of the molecule is COC(=O)[C@@H](C)CN(Cc1ccccc1)C(=O)c1cnc(C)cn1. The summed E-state index contributed by atoms with van der Waals surface area (Å²) in [5, 5.41) is 0. The fourth-order valence-corrected chi connectivity index (χ4v) is 2.29. The molecule has 24 heavy (non-hydrogen) atoms. The van der Waals surface area contributed by atoms with Gasteiger partial charge in [0.15, 0.2) is 0 Å². The predicted octanol–water partition coefficient (Wildman–Crippen LogP) is 2.24. The third-order valence-electron chi connectivity index (χ3n) is 3.60. The number of aromatic nitrogens is 2. The summed E-state index contributed by atoms with van der Waals surface area (Å²) in [6, 6.07) is 9.60. The summed E-state index contributed by atoms with van der Waals surface area (Å²) in [6.45, 7) is 4.17. The van der Waals surface area contributed by atoms with E-state index in [0.717, 1.165) is 11.3 Å². The first-order chi connectivity index (χ1) is 11.5. The van der Waals surface area contributed by atoms with Crippen LogP contribution in [0.4, 0.5) is 0 Å². The normalized spacial score (nSPS) is 11.6. The van der Waals surface area contributed by atoms with E-state index in [1.54, 1.807) is 18.0 Å². The van der Waals surface area contributed by atoms with Gasteiger partial charge in [-0.15, -0.1) is 0 Å². The minimum Gasteiger partial charge on any atom is -0.469 e. The highest BCUT2D eigenvalue weighted by Gasteiger charge is 2.23. The molecule has 0 saturated heterocycles. The summed E-state index contributed by atoms with van der Waals surface area (Å²) < 4.78 is 4.76. The third kappa shape index (κ3) is 4.62. The van der Waals surface area contributed by atoms with Crippen molar-refractivity contribution in [2.45, 2.75) is 20.4 Å². The number of methoxy groups -OCH3 is 1. The van der Waals surface area contributed by atoms with Crippen LogP contribution in [0.1, 0.15) is 28.7 Å². The summed E-state index contributed by atoms with van der Waals surface area (Å²) in [5.74, 6) is -1.04. The van der Waals surface area contributed by atoms with Crippen molar-refractivity contribution in [1.29, 1.82) is 0 Å². The fourth-order valence-electron chi connectivity index (χ4n) is 2.29. The molecule has 0 aliphatic heterocycles. The highest BCUT2D eigenvalue weighted by molar-refractivity contribution is 5.92. The van der Waals surface area contributed by atoms with E-state index in [9.17, 15) is 9.59 Å². The lowest BCUT2D eigenvalue weighted by Gasteiger charge is -2.25. The maximum Gasteiger partial charge on any atom is 0.310 e. The van der Waals surface area contributed by atoms with Crippen LogP contribution in [0.2, 0.25) is 0 Å². The molecular formula is C18H21N3O3. The van der Waals surface area contributed by atoms with Gasteiger partial charge in [-0.25, -0.2) is 4.98 Å². The first-order valence-electron chi connectivity index (χ1n) is 7.71. The highest BCUT2D eigenvalue weighted by atomic mass is 16.5. The maximum absolute atomic E-state index is 12.8. The minimum atomic E-state index is -0.430. The Labute approximate surface area is 141 Å². The summed E-state index contributed by atoms with van der Waals surface area (Å²) in [4.78, 5) is 34.3. The van der Waals surface area contributed by atoms with Crippen LogP contribution < -0.4 is 0 Å². The molecule has 0 radical (unpaired) electrons. The van der Waals surface area contributed by atoms with Crippen molar-refractivity contribution in [3.8, 4) is 0 Å². The molecule has 1 heterocycles. The van der Waals surface area contributed by atoms with Crippen LogP contribution in [0.5, 0.6) is 0 Å². The molecule has 0 spiro atoms. The van der Waals surface area contributed by atoms with E-state index in [1.165, 1.54) is 13.3 Å². The zero-order valence-electron chi connectivity index (χ0n) is 14.1. The van der Waals surface area contributed by atoms with Gasteiger partial charge in [-0.1, -0.05) is 37.3 Å². The molecule has 1 atom stereocenters. The molecule has 1 amide bonds. The quantitative estimate of drug-likeness (QED) is 0.761. The Bertz CT molecular complexity index is 686. The van der Waals surface area contributed by atoms with Crippen molar-refractivity contribution in [1.82, 2.24) is 14.9 Å². The molecule has 2 aromatic rings. The first-order valence-corrected chi connectivity index (χ1v) is 7.71. The number of amides is 1. The van der Waals surface area contributed by atoms with Gasteiger partial charge in [-0.05, 0) is 12.5 Å². The van der Waals surface area contributed by atoms with Gasteiger partial charge in [0, 0.05) is 19.3 Å². The van der Waals surface area contributed by atoms with Gasteiger partial charge in [-0.3, -0.25) is 14.6 Å². The number of benzene rings is 1. The lowest BCUT2D eigenvalue weighted by Crippen LogP contribution is -2.37. The summed E-state index contributed by atoms with van der Waals surface area (Å²) in [6.07, 6.45) is 3.01. The van der Waals surface area contributed by atoms with E-state index in [-0.39, 0.29) is 24.1 Å². The van der Waals surface area contributed by atoms with Crippen molar-refractivity contribution >= 4 is 11.9 Å². The van der Waals surface area contributed by atoms with Crippen molar-refractivity contribution < 1.29 is 14.3 Å². The molecular weight excluding hydrogens is 306 g/mol. The summed E-state index contributed by atoms with van der Waals surface area (Å²) >= 11 is 0. The summed E-state index contributed by atoms with van der Waals surface area (Å²) in [5.41, 5.74) is 1.97. The van der Waals surface area contributed by atoms with Gasteiger partial charge in [0.1, 0.15) is 5.69 Å². The van der Waals surface area contributed by atoms with Gasteiger partial charge in [-0.2, -0.15) is 0 Å². The van der Waals surface area contributed by atoms with E-state index < -0.39 is 5.92 Å². The number of aryl methyl sites for hydroxylation is 1. The zero-order valence-corrected chi connectivity index (χ0v) is 14.1. The second-order valence-electron chi connectivity index (χ2n) is 5.64. The van der Waals surface area contributed by atoms with Crippen LogP contribution in [0, 0.1) is 12.8 Å². The van der Waals surface area contributed by atoms with Crippen LogP contribution in [0.3, 0.4) is 0 Å². The average Bonchev–Trinajstić information content (AvgIpc) is 2.61. The average molecular weight is 327 g/mol. The molecule has 1 aromatic heterocycles. The Hall–Kier alpha value is -2.76. The lowest BCUT2D eigenvalue weighted by atomic mass is 10.1. The summed E-state index contributed by atoms with van der Waals surface area (Å²) in [7, 11) is 1.34. The molecule has 0 bridgehead atoms. The van der Waals surface area contributed by atoms with Gasteiger partial charge in [0.25, 0.3) is 5.91 Å². The smallest absolute Gasteiger partial charge is 0.310 e. The van der Waals surface area contributed by atoms with Crippen LogP contribution in [0.25, 0.3) is 0 Å².